The molecular weight excluding hydrogens is 348 g/mol. The van der Waals surface area contributed by atoms with Crippen molar-refractivity contribution in [2.45, 2.75) is 38.1 Å². The molecule has 0 radical (unpaired) electrons. The smallest absolute Gasteiger partial charge is 0.271 e. The molecule has 1 fully saturated rings. The summed E-state index contributed by atoms with van der Waals surface area (Å²) in [4.78, 5) is 21.7. The van der Waals surface area contributed by atoms with Crippen molar-refractivity contribution in [1.82, 2.24) is 9.97 Å². The van der Waals surface area contributed by atoms with Gasteiger partial charge in [0, 0.05) is 17.2 Å². The maximum atomic E-state index is 12.2. The van der Waals surface area contributed by atoms with Crippen LogP contribution in [0.5, 0.6) is 0 Å². The minimum absolute atomic E-state index is 0.198. The Labute approximate surface area is 165 Å². The maximum absolute atomic E-state index is 12.2. The van der Waals surface area contributed by atoms with E-state index < -0.39 is 5.91 Å². The Kier molecular flexibility index (Phi) is 5.33. The Morgan fingerprint density at radius 1 is 0.821 bits per heavy atom. The minimum Gasteiger partial charge on any atom is -0.365 e. The molecule has 0 bridgehead atoms. The van der Waals surface area contributed by atoms with Crippen LogP contribution in [0.15, 0.2) is 60.7 Å². The van der Waals surface area contributed by atoms with Crippen LogP contribution in [0.25, 0.3) is 22.5 Å². The molecule has 3 N–H and O–H groups in total. The van der Waals surface area contributed by atoms with Gasteiger partial charge in [0.25, 0.3) is 5.91 Å². The van der Waals surface area contributed by atoms with Crippen molar-refractivity contribution in [1.29, 1.82) is 0 Å². The number of benzene rings is 2. The van der Waals surface area contributed by atoms with Gasteiger partial charge in [-0.3, -0.25) is 4.79 Å². The first-order chi connectivity index (χ1) is 13.7. The van der Waals surface area contributed by atoms with Gasteiger partial charge < -0.3 is 11.1 Å². The van der Waals surface area contributed by atoms with E-state index in [9.17, 15) is 4.79 Å². The van der Waals surface area contributed by atoms with Gasteiger partial charge >= 0.3 is 0 Å². The van der Waals surface area contributed by atoms with Crippen LogP contribution in [0.2, 0.25) is 0 Å². The number of primary amides is 1. The molecule has 1 saturated carbocycles. The molecule has 1 aliphatic rings. The van der Waals surface area contributed by atoms with Gasteiger partial charge in [0.2, 0.25) is 0 Å². The van der Waals surface area contributed by atoms with E-state index in [1.165, 1.54) is 19.3 Å². The summed E-state index contributed by atoms with van der Waals surface area (Å²) < 4.78 is 0. The van der Waals surface area contributed by atoms with E-state index >= 15 is 0 Å². The second-order valence-electron chi connectivity index (χ2n) is 7.19. The van der Waals surface area contributed by atoms with Crippen molar-refractivity contribution in [3.63, 3.8) is 0 Å². The van der Waals surface area contributed by atoms with E-state index in [4.69, 9.17) is 10.7 Å². The van der Waals surface area contributed by atoms with Gasteiger partial charge in [-0.05, 0) is 12.8 Å². The van der Waals surface area contributed by atoms with Gasteiger partial charge in [-0.25, -0.2) is 9.97 Å². The summed E-state index contributed by atoms with van der Waals surface area (Å²) in [5, 5.41) is 3.45. The van der Waals surface area contributed by atoms with Crippen molar-refractivity contribution in [2.24, 2.45) is 5.73 Å². The van der Waals surface area contributed by atoms with Crippen LogP contribution in [-0.2, 0) is 0 Å². The highest BCUT2D eigenvalue weighted by Crippen LogP contribution is 2.32. The number of nitrogens with one attached hydrogen (secondary N) is 1. The van der Waals surface area contributed by atoms with E-state index in [1.807, 2.05) is 60.7 Å². The lowest BCUT2D eigenvalue weighted by Crippen LogP contribution is -2.26. The van der Waals surface area contributed by atoms with E-state index in [0.29, 0.717) is 17.6 Å². The summed E-state index contributed by atoms with van der Waals surface area (Å²) in [7, 11) is 0. The van der Waals surface area contributed by atoms with Crippen LogP contribution < -0.4 is 11.1 Å². The Balaban J connectivity index is 1.86. The van der Waals surface area contributed by atoms with E-state index in [-0.39, 0.29) is 5.69 Å². The largest absolute Gasteiger partial charge is 0.365 e. The first-order valence-electron chi connectivity index (χ1n) is 9.81. The summed E-state index contributed by atoms with van der Waals surface area (Å²) in [5.41, 5.74) is 9.14. The Hall–Kier alpha value is -3.21. The third kappa shape index (κ3) is 3.88. The molecule has 1 aliphatic carbocycles. The highest BCUT2D eigenvalue weighted by atomic mass is 16.1. The number of nitrogens with two attached hydrogens (primary N) is 1. The quantitative estimate of drug-likeness (QED) is 0.683. The Morgan fingerprint density at radius 3 is 1.89 bits per heavy atom. The molecule has 1 heterocycles. The van der Waals surface area contributed by atoms with Gasteiger partial charge in [0.1, 0.15) is 0 Å². The highest BCUT2D eigenvalue weighted by molar-refractivity contribution is 5.97. The number of amides is 1. The topological polar surface area (TPSA) is 80.9 Å². The number of carbonyl (C=O) groups is 1. The zero-order valence-electron chi connectivity index (χ0n) is 15.8. The Morgan fingerprint density at radius 2 is 1.36 bits per heavy atom. The zero-order valence-corrected chi connectivity index (χ0v) is 15.8. The van der Waals surface area contributed by atoms with Crippen molar-refractivity contribution >= 4 is 11.7 Å². The lowest BCUT2D eigenvalue weighted by molar-refractivity contribution is 0.0996. The molecule has 0 aliphatic heterocycles. The lowest BCUT2D eigenvalue weighted by Gasteiger charge is -2.24. The number of nitrogens with zero attached hydrogens (tertiary/aromatic N) is 2. The Bertz CT molecular complexity index is 951. The molecule has 28 heavy (non-hydrogen) atoms. The third-order valence-electron chi connectivity index (χ3n) is 5.17. The van der Waals surface area contributed by atoms with E-state index in [1.54, 1.807) is 0 Å². The summed E-state index contributed by atoms with van der Waals surface area (Å²) in [5.74, 6) is -0.0828. The first kappa shape index (κ1) is 18.2. The minimum atomic E-state index is -0.567. The standard InChI is InChI=1S/C23H24N4O/c24-22(28)21-23(25-18-14-8-3-9-15-18)27-20(17-12-6-2-7-13-17)19(26-21)16-10-4-1-5-11-16/h1-2,4-7,10-13,18H,3,8-9,14-15H2,(H2,24,28)(H,25,27). The molecule has 1 aromatic heterocycles. The number of carbonyl (C=O) groups excluding carboxylic acids is 1. The van der Waals surface area contributed by atoms with Gasteiger partial charge in [0.05, 0.1) is 11.4 Å². The van der Waals surface area contributed by atoms with Gasteiger partial charge in [-0.2, -0.15) is 0 Å². The summed E-state index contributed by atoms with van der Waals surface area (Å²) >= 11 is 0. The molecule has 0 saturated heterocycles. The molecule has 2 aromatic carbocycles. The van der Waals surface area contributed by atoms with Gasteiger partial charge in [-0.15, -0.1) is 0 Å². The van der Waals surface area contributed by atoms with Crippen molar-refractivity contribution in [3.05, 3.63) is 66.4 Å². The molecular formula is C23H24N4O. The number of anilines is 1. The second-order valence-corrected chi connectivity index (χ2v) is 7.19. The van der Waals surface area contributed by atoms with Crippen LogP contribution in [-0.4, -0.2) is 21.9 Å². The number of hydrogen-bond acceptors (Lipinski definition) is 4. The fourth-order valence-corrected chi connectivity index (χ4v) is 3.74. The maximum Gasteiger partial charge on any atom is 0.271 e. The third-order valence-corrected chi connectivity index (χ3v) is 5.17. The van der Waals surface area contributed by atoms with Crippen molar-refractivity contribution < 1.29 is 4.79 Å². The molecule has 5 heteroatoms. The number of hydrogen-bond donors (Lipinski definition) is 2. The molecule has 142 valence electrons. The van der Waals surface area contributed by atoms with Gasteiger partial charge in [0.15, 0.2) is 11.5 Å². The number of aromatic nitrogens is 2. The fourth-order valence-electron chi connectivity index (χ4n) is 3.74. The lowest BCUT2D eigenvalue weighted by atomic mass is 9.95. The summed E-state index contributed by atoms with van der Waals surface area (Å²) in [6, 6.07) is 20.0. The SMILES string of the molecule is NC(=O)c1nc(-c2ccccc2)c(-c2ccccc2)nc1NC1CCCCC1. The monoisotopic (exact) mass is 372 g/mol. The van der Waals surface area contributed by atoms with Crippen LogP contribution in [0.3, 0.4) is 0 Å². The first-order valence-corrected chi connectivity index (χ1v) is 9.81. The van der Waals surface area contributed by atoms with Crippen LogP contribution in [0, 0.1) is 0 Å². The predicted molar refractivity (Wildman–Crippen MR) is 112 cm³/mol. The molecule has 5 nitrogen and oxygen atoms in total. The fraction of sp³-hybridized carbons (Fsp3) is 0.261. The average Bonchev–Trinajstić information content (AvgIpc) is 2.75. The molecule has 0 unspecified atom stereocenters. The second kappa shape index (κ2) is 8.21. The van der Waals surface area contributed by atoms with Crippen LogP contribution in [0.4, 0.5) is 5.82 Å². The molecule has 3 aromatic rings. The highest BCUT2D eigenvalue weighted by Gasteiger charge is 2.22. The molecule has 4 rings (SSSR count). The van der Waals surface area contributed by atoms with Gasteiger partial charge in [-0.1, -0.05) is 79.9 Å². The van der Waals surface area contributed by atoms with Crippen LogP contribution >= 0.6 is 0 Å². The molecule has 0 spiro atoms. The molecule has 1 amide bonds. The van der Waals surface area contributed by atoms with Crippen molar-refractivity contribution in [2.75, 3.05) is 5.32 Å². The summed E-state index contributed by atoms with van der Waals surface area (Å²) in [6.07, 6.45) is 5.77. The predicted octanol–water partition coefficient (Wildman–Crippen LogP) is 4.65. The van der Waals surface area contributed by atoms with Crippen molar-refractivity contribution in [3.8, 4) is 22.5 Å². The van der Waals surface area contributed by atoms with Crippen LogP contribution in [0.1, 0.15) is 42.6 Å². The normalized spacial score (nSPS) is 14.6. The van der Waals surface area contributed by atoms with E-state index in [2.05, 4.69) is 10.3 Å². The average molecular weight is 372 g/mol. The number of rotatable bonds is 5. The summed E-state index contributed by atoms with van der Waals surface area (Å²) in [6.45, 7) is 0. The van der Waals surface area contributed by atoms with E-state index in [0.717, 1.165) is 29.7 Å². The zero-order chi connectivity index (χ0) is 19.3. The molecule has 0 atom stereocenters.